The molecule has 10 heteroatoms. The molecule has 2 N–H and O–H groups in total. The lowest BCUT2D eigenvalue weighted by molar-refractivity contribution is 0.0156. The van der Waals surface area contributed by atoms with E-state index in [1.807, 2.05) is 6.07 Å². The molecule has 3 heterocycles. The van der Waals surface area contributed by atoms with Crippen molar-refractivity contribution < 1.29 is 24.3 Å². The Labute approximate surface area is 150 Å². The molecule has 4 rings (SSSR count). The molecule has 136 valence electrons. The minimum Gasteiger partial charge on any atom is -0.535 e. The van der Waals surface area contributed by atoms with Crippen LogP contribution >= 0.6 is 0 Å². The van der Waals surface area contributed by atoms with Crippen molar-refractivity contribution in [2.75, 3.05) is 19.6 Å². The lowest BCUT2D eigenvalue weighted by Crippen LogP contribution is -2.54. The number of aromatic carboxylic acids is 1. The van der Waals surface area contributed by atoms with Crippen molar-refractivity contribution in [3.63, 3.8) is 0 Å². The fourth-order valence-electron chi connectivity index (χ4n) is 3.26. The van der Waals surface area contributed by atoms with Crippen LogP contribution in [-0.2, 0) is 13.0 Å². The topological polar surface area (TPSA) is 110 Å². The Hall–Kier alpha value is -2.59. The van der Waals surface area contributed by atoms with Crippen LogP contribution in [0.2, 0.25) is 6.32 Å². The maximum Gasteiger partial charge on any atom is 0.522 e. The first-order valence-electron chi connectivity index (χ1n) is 8.57. The number of rotatable bonds is 6. The van der Waals surface area contributed by atoms with Crippen LogP contribution in [0.1, 0.15) is 15.9 Å². The Morgan fingerprint density at radius 3 is 2.81 bits per heavy atom. The van der Waals surface area contributed by atoms with Gasteiger partial charge in [-0.2, -0.15) is 15.0 Å². The van der Waals surface area contributed by atoms with Gasteiger partial charge in [0.05, 0.1) is 18.9 Å². The number of hydrogen-bond acceptors (Lipinski definition) is 7. The van der Waals surface area contributed by atoms with Crippen LogP contribution in [0.15, 0.2) is 24.5 Å². The SMILES string of the molecule is O=C(O)c1c(OC2CN(CCn3nccn3)C2)ccc2c1OB(O)CC2. The molecule has 1 aromatic carbocycles. The van der Waals surface area contributed by atoms with E-state index >= 15 is 0 Å². The molecule has 0 bridgehead atoms. The normalized spacial score (nSPS) is 17.3. The van der Waals surface area contributed by atoms with Gasteiger partial charge in [0.1, 0.15) is 23.2 Å². The van der Waals surface area contributed by atoms with Gasteiger partial charge in [-0.15, -0.1) is 0 Å². The van der Waals surface area contributed by atoms with Gasteiger partial charge >= 0.3 is 13.1 Å². The van der Waals surface area contributed by atoms with Crippen molar-refractivity contribution in [1.29, 1.82) is 0 Å². The minimum absolute atomic E-state index is 0.0135. The first-order chi connectivity index (χ1) is 12.6. The molecule has 1 fully saturated rings. The van der Waals surface area contributed by atoms with Crippen LogP contribution in [0.3, 0.4) is 0 Å². The molecule has 26 heavy (non-hydrogen) atoms. The fourth-order valence-corrected chi connectivity index (χ4v) is 3.26. The summed E-state index contributed by atoms with van der Waals surface area (Å²) in [6.07, 6.45) is 4.24. The Balaban J connectivity index is 1.39. The fraction of sp³-hybridized carbons (Fsp3) is 0.438. The lowest BCUT2D eigenvalue weighted by atomic mass is 9.78. The number of fused-ring (bicyclic) bond motifs is 1. The van der Waals surface area contributed by atoms with Crippen molar-refractivity contribution >= 4 is 13.1 Å². The van der Waals surface area contributed by atoms with Crippen LogP contribution in [0.5, 0.6) is 11.5 Å². The van der Waals surface area contributed by atoms with E-state index in [1.165, 1.54) is 0 Å². The standard InChI is InChI=1S/C16H19BN4O5/c22-16(23)14-13(2-1-11-3-4-17(24)26-15(11)14)25-12-9-20(10-12)7-8-21-18-5-6-19-21/h1-2,5-6,12,24H,3-4,7-10H2,(H,22,23). The van der Waals surface area contributed by atoms with Gasteiger partial charge in [-0.05, 0) is 24.4 Å². The van der Waals surface area contributed by atoms with Gasteiger partial charge in [-0.1, -0.05) is 6.07 Å². The summed E-state index contributed by atoms with van der Waals surface area (Å²) in [5.74, 6) is -0.620. The van der Waals surface area contributed by atoms with Gasteiger partial charge < -0.3 is 19.5 Å². The predicted octanol–water partition coefficient (Wildman–Crippen LogP) is 0.155. The number of aryl methyl sites for hydroxylation is 1. The van der Waals surface area contributed by atoms with Gasteiger partial charge in [-0.3, -0.25) is 4.90 Å². The first-order valence-corrected chi connectivity index (χ1v) is 8.57. The maximum atomic E-state index is 11.7. The van der Waals surface area contributed by atoms with E-state index in [1.54, 1.807) is 23.3 Å². The molecule has 0 saturated carbocycles. The summed E-state index contributed by atoms with van der Waals surface area (Å²) in [7, 11) is -0.981. The summed E-state index contributed by atoms with van der Waals surface area (Å²) in [5.41, 5.74) is 0.766. The molecular weight excluding hydrogens is 339 g/mol. The third kappa shape index (κ3) is 3.38. The number of benzene rings is 1. The van der Waals surface area contributed by atoms with E-state index in [-0.39, 0.29) is 23.2 Å². The zero-order valence-electron chi connectivity index (χ0n) is 14.1. The Kier molecular flexibility index (Phi) is 4.52. The molecule has 2 aliphatic heterocycles. The Morgan fingerprint density at radius 1 is 1.31 bits per heavy atom. The second-order valence-electron chi connectivity index (χ2n) is 6.47. The molecule has 0 unspecified atom stereocenters. The van der Waals surface area contributed by atoms with Crippen LogP contribution in [0, 0.1) is 0 Å². The molecule has 0 aliphatic carbocycles. The number of hydrogen-bond donors (Lipinski definition) is 2. The number of nitrogens with zero attached hydrogens (tertiary/aromatic N) is 4. The van der Waals surface area contributed by atoms with Crippen molar-refractivity contribution in [2.24, 2.45) is 0 Å². The van der Waals surface area contributed by atoms with Crippen molar-refractivity contribution in [3.05, 3.63) is 35.7 Å². The number of carboxylic acids is 1. The highest BCUT2D eigenvalue weighted by Crippen LogP contribution is 2.37. The van der Waals surface area contributed by atoms with E-state index < -0.39 is 13.1 Å². The average molecular weight is 358 g/mol. The summed E-state index contributed by atoms with van der Waals surface area (Å²) in [4.78, 5) is 15.5. The highest BCUT2D eigenvalue weighted by Gasteiger charge is 2.33. The first kappa shape index (κ1) is 16.9. The van der Waals surface area contributed by atoms with E-state index in [4.69, 9.17) is 9.39 Å². The number of carboxylic acid groups (broad SMARTS) is 1. The van der Waals surface area contributed by atoms with E-state index in [0.717, 1.165) is 12.1 Å². The second kappa shape index (κ2) is 6.97. The Morgan fingerprint density at radius 2 is 2.08 bits per heavy atom. The molecule has 2 aliphatic rings. The van der Waals surface area contributed by atoms with Gasteiger partial charge in [0.15, 0.2) is 0 Å². The molecule has 0 atom stereocenters. The second-order valence-corrected chi connectivity index (χ2v) is 6.47. The molecule has 1 aromatic heterocycles. The molecule has 1 saturated heterocycles. The molecule has 0 spiro atoms. The number of likely N-dealkylation sites (tertiary alicyclic amines) is 1. The van der Waals surface area contributed by atoms with Gasteiger partial charge in [0, 0.05) is 19.6 Å². The minimum atomic E-state index is -1.12. The summed E-state index contributed by atoms with van der Waals surface area (Å²) >= 11 is 0. The summed E-state index contributed by atoms with van der Waals surface area (Å²) in [6.45, 7) is 2.92. The summed E-state index contributed by atoms with van der Waals surface area (Å²) in [5, 5.41) is 27.4. The molecule has 0 amide bonds. The highest BCUT2D eigenvalue weighted by atomic mass is 16.5. The Bertz CT molecular complexity index is 794. The highest BCUT2D eigenvalue weighted by molar-refractivity contribution is 6.44. The molecule has 2 aromatic rings. The van der Waals surface area contributed by atoms with E-state index in [2.05, 4.69) is 15.1 Å². The largest absolute Gasteiger partial charge is 0.535 e. The quantitative estimate of drug-likeness (QED) is 0.703. The third-order valence-electron chi connectivity index (χ3n) is 4.63. The van der Waals surface area contributed by atoms with Gasteiger partial charge in [0.25, 0.3) is 0 Å². The number of ether oxygens (including phenoxy) is 1. The monoisotopic (exact) mass is 358 g/mol. The summed E-state index contributed by atoms with van der Waals surface area (Å²) < 4.78 is 11.3. The zero-order valence-corrected chi connectivity index (χ0v) is 14.1. The predicted molar refractivity (Wildman–Crippen MR) is 91.4 cm³/mol. The molecule has 9 nitrogen and oxygen atoms in total. The van der Waals surface area contributed by atoms with Crippen LogP contribution in [0.25, 0.3) is 0 Å². The summed E-state index contributed by atoms with van der Waals surface area (Å²) in [6, 6.07) is 3.49. The average Bonchev–Trinajstić information content (AvgIpc) is 3.09. The van der Waals surface area contributed by atoms with Crippen LogP contribution in [-0.4, -0.2) is 68.9 Å². The van der Waals surface area contributed by atoms with Crippen LogP contribution < -0.4 is 9.39 Å². The lowest BCUT2D eigenvalue weighted by Gasteiger charge is -2.39. The van der Waals surface area contributed by atoms with E-state index in [9.17, 15) is 14.9 Å². The number of carbonyl (C=O) groups is 1. The third-order valence-corrected chi connectivity index (χ3v) is 4.63. The van der Waals surface area contributed by atoms with Gasteiger partial charge in [0.2, 0.25) is 0 Å². The van der Waals surface area contributed by atoms with Crippen molar-refractivity contribution in [3.8, 4) is 11.5 Å². The number of aromatic nitrogens is 3. The van der Waals surface area contributed by atoms with E-state index in [0.29, 0.717) is 32.4 Å². The van der Waals surface area contributed by atoms with Crippen molar-refractivity contribution in [1.82, 2.24) is 19.9 Å². The maximum absolute atomic E-state index is 11.7. The van der Waals surface area contributed by atoms with Crippen molar-refractivity contribution in [2.45, 2.75) is 25.4 Å². The van der Waals surface area contributed by atoms with Crippen LogP contribution in [0.4, 0.5) is 0 Å². The smallest absolute Gasteiger partial charge is 0.522 e. The molecular formula is C16H19BN4O5. The van der Waals surface area contributed by atoms with Gasteiger partial charge in [-0.25, -0.2) is 4.79 Å². The molecule has 0 radical (unpaired) electrons. The zero-order chi connectivity index (χ0) is 18.1.